The number of aliphatic carboxylic acids is 1. The molecule has 0 radical (unpaired) electrons. The van der Waals surface area contributed by atoms with Gasteiger partial charge in [-0.15, -0.1) is 0 Å². The number of hydrogen-bond donors (Lipinski definition) is 1. The summed E-state index contributed by atoms with van der Waals surface area (Å²) in [6.07, 6.45) is 3.18. The van der Waals surface area contributed by atoms with E-state index in [4.69, 9.17) is 5.11 Å². The number of likely N-dealkylation sites (N-methyl/N-ethyl adjacent to an activating group) is 1. The first-order valence-electron chi connectivity index (χ1n) is 6.19. The average Bonchev–Trinajstić information content (AvgIpc) is 2.27. The van der Waals surface area contributed by atoms with Crippen LogP contribution in [0.3, 0.4) is 0 Å². The lowest BCUT2D eigenvalue weighted by molar-refractivity contribution is -0.149. The first-order chi connectivity index (χ1) is 7.58. The molecule has 0 aromatic rings. The van der Waals surface area contributed by atoms with Crippen molar-refractivity contribution in [3.63, 3.8) is 0 Å². The minimum atomic E-state index is -0.582. The molecule has 2 heterocycles. The first kappa shape index (κ1) is 11.9. The molecule has 0 amide bonds. The minimum Gasteiger partial charge on any atom is -0.481 e. The highest BCUT2D eigenvalue weighted by Gasteiger charge is 2.43. The molecule has 3 rings (SSSR count). The van der Waals surface area contributed by atoms with E-state index in [0.29, 0.717) is 12.0 Å². The van der Waals surface area contributed by atoms with E-state index in [9.17, 15) is 4.79 Å². The van der Waals surface area contributed by atoms with Crippen LogP contribution in [-0.4, -0.2) is 60.6 Å². The summed E-state index contributed by atoms with van der Waals surface area (Å²) >= 11 is 0. The number of piperidine rings is 2. The normalized spacial score (nSPS) is 34.6. The third kappa shape index (κ3) is 2.38. The van der Waals surface area contributed by atoms with E-state index in [1.54, 1.807) is 0 Å². The fourth-order valence-electron chi connectivity index (χ4n) is 3.12. The van der Waals surface area contributed by atoms with Crippen molar-refractivity contribution in [1.29, 1.82) is 0 Å². The molecule has 16 heavy (non-hydrogen) atoms. The van der Waals surface area contributed by atoms with E-state index in [1.165, 1.54) is 6.42 Å². The monoisotopic (exact) mass is 226 g/mol. The molecule has 3 atom stereocenters. The highest BCUT2D eigenvalue weighted by Crippen LogP contribution is 2.39. The highest BCUT2D eigenvalue weighted by molar-refractivity contribution is 5.70. The molecule has 2 aliphatic heterocycles. The molecule has 0 aromatic carbocycles. The lowest BCUT2D eigenvalue weighted by Crippen LogP contribution is -2.54. The standard InChI is InChI=1S/C12H22N2O2/c1-13(2)5-6-14-8-9-3-4-10(14)7-11(9)12(15)16/h9-11H,3-8H2,1-2H3,(H,15,16). The Morgan fingerprint density at radius 2 is 2.19 bits per heavy atom. The minimum absolute atomic E-state index is 0.0747. The summed E-state index contributed by atoms with van der Waals surface area (Å²) in [6, 6.07) is 0.519. The van der Waals surface area contributed by atoms with Gasteiger partial charge in [-0.1, -0.05) is 0 Å². The van der Waals surface area contributed by atoms with Gasteiger partial charge in [0.2, 0.25) is 0 Å². The lowest BCUT2D eigenvalue weighted by atomic mass is 9.72. The second-order valence-corrected chi connectivity index (χ2v) is 5.47. The van der Waals surface area contributed by atoms with Crippen LogP contribution < -0.4 is 0 Å². The van der Waals surface area contributed by atoms with Crippen molar-refractivity contribution >= 4 is 5.97 Å². The van der Waals surface area contributed by atoms with Crippen molar-refractivity contribution in [3.05, 3.63) is 0 Å². The van der Waals surface area contributed by atoms with Gasteiger partial charge in [-0.05, 0) is 39.3 Å². The maximum absolute atomic E-state index is 11.1. The molecule has 1 N–H and O–H groups in total. The van der Waals surface area contributed by atoms with Crippen molar-refractivity contribution in [2.45, 2.75) is 25.3 Å². The number of nitrogens with zero attached hydrogens (tertiary/aromatic N) is 2. The zero-order valence-corrected chi connectivity index (χ0v) is 10.2. The summed E-state index contributed by atoms with van der Waals surface area (Å²) in [5, 5.41) is 9.14. The largest absolute Gasteiger partial charge is 0.481 e. The first-order valence-corrected chi connectivity index (χ1v) is 6.19. The summed E-state index contributed by atoms with van der Waals surface area (Å²) in [6.45, 7) is 3.15. The number of carboxylic acids is 1. The highest BCUT2D eigenvalue weighted by atomic mass is 16.4. The number of rotatable bonds is 4. The molecule has 4 heteroatoms. The van der Waals surface area contributed by atoms with E-state index < -0.39 is 5.97 Å². The molecule has 4 nitrogen and oxygen atoms in total. The van der Waals surface area contributed by atoms with Gasteiger partial charge in [0.15, 0.2) is 0 Å². The Morgan fingerprint density at radius 1 is 1.44 bits per heavy atom. The molecular weight excluding hydrogens is 204 g/mol. The Labute approximate surface area is 97.2 Å². The molecule has 3 aliphatic rings. The SMILES string of the molecule is CN(C)CCN1CC2CCC1CC2C(=O)O. The van der Waals surface area contributed by atoms with Gasteiger partial charge in [0.05, 0.1) is 5.92 Å². The van der Waals surface area contributed by atoms with Crippen LogP contribution in [0, 0.1) is 11.8 Å². The number of carbonyl (C=O) groups is 1. The van der Waals surface area contributed by atoms with E-state index in [-0.39, 0.29) is 5.92 Å². The van der Waals surface area contributed by atoms with Gasteiger partial charge in [-0.3, -0.25) is 9.69 Å². The Bertz CT molecular complexity index is 268. The van der Waals surface area contributed by atoms with E-state index in [1.807, 2.05) is 0 Å². The molecule has 3 fully saturated rings. The quantitative estimate of drug-likeness (QED) is 0.767. The second kappa shape index (κ2) is 4.72. The Morgan fingerprint density at radius 3 is 2.69 bits per heavy atom. The smallest absolute Gasteiger partial charge is 0.306 e. The van der Waals surface area contributed by atoms with Crippen molar-refractivity contribution in [2.75, 3.05) is 33.7 Å². The molecule has 0 aromatic heterocycles. The molecule has 2 bridgehead atoms. The van der Waals surface area contributed by atoms with Crippen molar-refractivity contribution in [2.24, 2.45) is 11.8 Å². The molecule has 0 spiro atoms. The summed E-state index contributed by atoms with van der Waals surface area (Å²) in [4.78, 5) is 15.8. The lowest BCUT2D eigenvalue weighted by Gasteiger charge is -2.48. The van der Waals surface area contributed by atoms with E-state index >= 15 is 0 Å². The van der Waals surface area contributed by atoms with Crippen molar-refractivity contribution in [1.82, 2.24) is 9.80 Å². The van der Waals surface area contributed by atoms with Gasteiger partial charge in [0, 0.05) is 25.7 Å². The predicted octanol–water partition coefficient (Wildman–Crippen LogP) is 0.733. The average molecular weight is 226 g/mol. The predicted molar refractivity (Wildman–Crippen MR) is 62.4 cm³/mol. The molecule has 2 saturated heterocycles. The third-order valence-corrected chi connectivity index (χ3v) is 4.10. The molecule has 3 unspecified atom stereocenters. The van der Waals surface area contributed by atoms with Crippen molar-refractivity contribution in [3.8, 4) is 0 Å². The third-order valence-electron chi connectivity index (χ3n) is 4.10. The second-order valence-electron chi connectivity index (χ2n) is 5.47. The maximum atomic E-state index is 11.1. The summed E-state index contributed by atoms with van der Waals surface area (Å²) in [7, 11) is 4.17. The number of fused-ring (bicyclic) bond motifs is 3. The maximum Gasteiger partial charge on any atom is 0.306 e. The van der Waals surface area contributed by atoms with Gasteiger partial charge in [0.25, 0.3) is 0 Å². The van der Waals surface area contributed by atoms with Gasteiger partial charge in [0.1, 0.15) is 0 Å². The molecular formula is C12H22N2O2. The number of carboxylic acid groups (broad SMARTS) is 1. The summed E-state index contributed by atoms with van der Waals surface area (Å²) < 4.78 is 0. The van der Waals surface area contributed by atoms with Crippen LogP contribution in [0.15, 0.2) is 0 Å². The van der Waals surface area contributed by atoms with Gasteiger partial charge in [-0.2, -0.15) is 0 Å². The van der Waals surface area contributed by atoms with Crippen LogP contribution in [0.25, 0.3) is 0 Å². The molecule has 1 aliphatic carbocycles. The summed E-state index contributed by atoms with van der Waals surface area (Å²) in [5.74, 6) is -0.263. The fourth-order valence-corrected chi connectivity index (χ4v) is 3.12. The zero-order chi connectivity index (χ0) is 11.7. The van der Waals surface area contributed by atoms with E-state index in [0.717, 1.165) is 32.5 Å². The molecule has 92 valence electrons. The Hall–Kier alpha value is -0.610. The van der Waals surface area contributed by atoms with Crippen LogP contribution in [0.5, 0.6) is 0 Å². The Balaban J connectivity index is 1.90. The van der Waals surface area contributed by atoms with Gasteiger partial charge >= 0.3 is 5.97 Å². The fraction of sp³-hybridized carbons (Fsp3) is 0.917. The van der Waals surface area contributed by atoms with Gasteiger partial charge < -0.3 is 10.0 Å². The van der Waals surface area contributed by atoms with Crippen LogP contribution in [0.4, 0.5) is 0 Å². The molecule has 1 saturated carbocycles. The van der Waals surface area contributed by atoms with Gasteiger partial charge in [-0.25, -0.2) is 0 Å². The van der Waals surface area contributed by atoms with Crippen molar-refractivity contribution < 1.29 is 9.90 Å². The van der Waals surface area contributed by atoms with Crippen LogP contribution in [-0.2, 0) is 4.79 Å². The summed E-state index contributed by atoms with van der Waals surface area (Å²) in [5.41, 5.74) is 0. The van der Waals surface area contributed by atoms with Crippen LogP contribution in [0.1, 0.15) is 19.3 Å². The van der Waals surface area contributed by atoms with Crippen LogP contribution in [0.2, 0.25) is 0 Å². The van der Waals surface area contributed by atoms with E-state index in [2.05, 4.69) is 23.9 Å². The zero-order valence-electron chi connectivity index (χ0n) is 10.2. The van der Waals surface area contributed by atoms with Crippen LogP contribution >= 0.6 is 0 Å². The Kier molecular flexibility index (Phi) is 3.50. The topological polar surface area (TPSA) is 43.8 Å². The number of hydrogen-bond acceptors (Lipinski definition) is 3.